The summed E-state index contributed by atoms with van der Waals surface area (Å²) in [6.45, 7) is 22.0. The van der Waals surface area contributed by atoms with E-state index in [0.29, 0.717) is 29.8 Å². The van der Waals surface area contributed by atoms with Gasteiger partial charge < -0.3 is 20.3 Å². The lowest BCUT2D eigenvalue weighted by Crippen LogP contribution is -2.66. The van der Waals surface area contributed by atoms with Crippen LogP contribution in [-0.4, -0.2) is 51.7 Å². The van der Waals surface area contributed by atoms with Crippen molar-refractivity contribution in [1.82, 2.24) is 10.3 Å². The van der Waals surface area contributed by atoms with Crippen molar-refractivity contribution in [3.05, 3.63) is 40.2 Å². The summed E-state index contributed by atoms with van der Waals surface area (Å²) in [5.41, 5.74) is 1.18. The zero-order valence-corrected chi connectivity index (χ0v) is 34.7. The van der Waals surface area contributed by atoms with E-state index in [4.69, 9.17) is 16.3 Å². The topological polar surface area (TPSA) is 126 Å². The fourth-order valence-corrected chi connectivity index (χ4v) is 13.3. The summed E-state index contributed by atoms with van der Waals surface area (Å²) in [6.07, 6.45) is 8.65. The van der Waals surface area contributed by atoms with Gasteiger partial charge in [-0.05, 0) is 130 Å². The summed E-state index contributed by atoms with van der Waals surface area (Å²) in [6, 6.07) is 3.67. The molecule has 0 aromatic carbocycles. The number of carbonyl (C=O) groups is 3. The first-order valence-corrected chi connectivity index (χ1v) is 20.7. The highest BCUT2D eigenvalue weighted by Gasteiger charge is 2.70. The van der Waals surface area contributed by atoms with Crippen LogP contribution in [0.3, 0.4) is 0 Å². The van der Waals surface area contributed by atoms with Gasteiger partial charge in [-0.1, -0.05) is 65.6 Å². The van der Waals surface area contributed by atoms with E-state index in [1.165, 1.54) is 5.57 Å². The molecule has 5 aliphatic carbocycles. The Bertz CT molecular complexity index is 1650. The van der Waals surface area contributed by atoms with E-state index in [2.05, 4.69) is 58.8 Å². The Morgan fingerprint density at radius 3 is 2.30 bits per heavy atom. The van der Waals surface area contributed by atoms with Crippen molar-refractivity contribution < 1.29 is 29.3 Å². The lowest BCUT2D eigenvalue weighted by Gasteiger charge is -2.72. The minimum atomic E-state index is -1.17. The third-order valence-electron chi connectivity index (χ3n) is 16.3. The second kappa shape index (κ2) is 13.7. The number of ketones is 1. The SMILES string of the molecule is CC(C)C1=C2[C@H]3CC[C@H]4C(C)(CC[C@H]5C(C)(C)[C@@H](OC(=O)CC(C)(C)C(=O)O)CC[C@@]54C)[C@]3(C)CCC2(C(O)CN[C@H](C)c2ccc(Cl)cn2)CC1=O. The Balaban J connectivity index is 1.26. The maximum atomic E-state index is 14.1. The number of aliphatic carboxylic acids is 1. The zero-order chi connectivity index (χ0) is 39.1. The summed E-state index contributed by atoms with van der Waals surface area (Å²) >= 11 is 6.09. The molecule has 0 bridgehead atoms. The molecule has 6 rings (SSSR count). The monoisotopic (exact) mass is 752 g/mol. The van der Waals surface area contributed by atoms with E-state index in [9.17, 15) is 24.6 Å². The highest BCUT2D eigenvalue weighted by molar-refractivity contribution is 6.30. The van der Waals surface area contributed by atoms with Crippen LogP contribution < -0.4 is 5.32 Å². The number of allylic oxidation sites excluding steroid dienone is 1. The molecule has 9 heteroatoms. The molecule has 3 unspecified atom stereocenters. The number of nitrogens with one attached hydrogen (secondary N) is 1. The van der Waals surface area contributed by atoms with E-state index in [1.807, 2.05) is 19.1 Å². The maximum absolute atomic E-state index is 14.1. The van der Waals surface area contributed by atoms with E-state index >= 15 is 0 Å². The molecule has 0 saturated heterocycles. The summed E-state index contributed by atoms with van der Waals surface area (Å²) in [7, 11) is 0. The molecule has 4 saturated carbocycles. The number of rotatable bonds is 10. The third-order valence-corrected chi connectivity index (χ3v) is 16.5. The van der Waals surface area contributed by atoms with Gasteiger partial charge in [-0.15, -0.1) is 0 Å². The summed E-state index contributed by atoms with van der Waals surface area (Å²) in [5, 5.41) is 26.0. The first kappa shape index (κ1) is 40.4. The molecule has 4 fully saturated rings. The van der Waals surface area contributed by atoms with Gasteiger partial charge in [0, 0.05) is 36.0 Å². The number of hydrogen-bond acceptors (Lipinski definition) is 7. The molecule has 1 aromatic rings. The van der Waals surface area contributed by atoms with Crippen molar-refractivity contribution in [3.8, 4) is 0 Å². The number of ether oxygens (including phenoxy) is 1. The van der Waals surface area contributed by atoms with Crippen LogP contribution in [0, 0.1) is 56.2 Å². The van der Waals surface area contributed by atoms with Gasteiger partial charge in [0.2, 0.25) is 0 Å². The van der Waals surface area contributed by atoms with Crippen LogP contribution in [0.25, 0.3) is 0 Å². The minimum Gasteiger partial charge on any atom is -0.481 e. The predicted molar refractivity (Wildman–Crippen MR) is 207 cm³/mol. The molecule has 0 aliphatic heterocycles. The van der Waals surface area contributed by atoms with Gasteiger partial charge in [-0.3, -0.25) is 19.4 Å². The molecule has 53 heavy (non-hydrogen) atoms. The molecular weight excluding hydrogens is 688 g/mol. The van der Waals surface area contributed by atoms with Crippen LogP contribution in [0.4, 0.5) is 0 Å². The number of halogens is 1. The number of hydrogen-bond donors (Lipinski definition) is 3. The maximum Gasteiger partial charge on any atom is 0.309 e. The van der Waals surface area contributed by atoms with Gasteiger partial charge in [0.05, 0.1) is 28.7 Å². The first-order valence-electron chi connectivity index (χ1n) is 20.3. The molecule has 3 N–H and O–H groups in total. The fourth-order valence-electron chi connectivity index (χ4n) is 13.1. The summed E-state index contributed by atoms with van der Waals surface area (Å²) in [5.74, 6) is -0.0389. The molecular formula is C44H65ClN2O6. The van der Waals surface area contributed by atoms with Crippen molar-refractivity contribution in [3.63, 3.8) is 0 Å². The standard InChI is InChI=1S/C44H65ClN2O6/c1-25(2)36-30(48)21-44(33(49)24-46-26(3)29-13-11-27(45)23-47-29)20-19-42(9)28(37(36)44)12-14-32-41(8)17-16-34(53-35(50)22-39(4,5)38(51)52)40(6,7)31(41)15-18-43(32,42)10/h11,13,23,25-26,28,31-34,46,49H,12,14-22,24H2,1-10H3,(H,51,52)/t26-,28-,31+,32-,33?,34+,41+,42-,43?,44?/m1/s1. The Labute approximate surface area is 322 Å². The van der Waals surface area contributed by atoms with Crippen LogP contribution in [0.5, 0.6) is 0 Å². The minimum absolute atomic E-state index is 0.0307. The van der Waals surface area contributed by atoms with Crippen LogP contribution in [0.2, 0.25) is 5.02 Å². The molecule has 0 radical (unpaired) electrons. The van der Waals surface area contributed by atoms with Crippen molar-refractivity contribution in [2.45, 2.75) is 152 Å². The van der Waals surface area contributed by atoms with Gasteiger partial charge in [0.15, 0.2) is 5.78 Å². The van der Waals surface area contributed by atoms with E-state index in [-0.39, 0.29) is 57.8 Å². The molecule has 0 amide bonds. The first-order chi connectivity index (χ1) is 24.5. The quantitative estimate of drug-likeness (QED) is 0.202. The lowest BCUT2D eigenvalue weighted by molar-refractivity contribution is -0.235. The molecule has 294 valence electrons. The number of carboxylic acids is 1. The number of nitrogens with zero attached hydrogens (tertiary/aromatic N) is 1. The van der Waals surface area contributed by atoms with Gasteiger partial charge in [0.25, 0.3) is 0 Å². The molecule has 0 spiro atoms. The summed E-state index contributed by atoms with van der Waals surface area (Å²) < 4.78 is 6.17. The Hall–Kier alpha value is -2.29. The fraction of sp³-hybridized carbons (Fsp3) is 0.773. The number of aromatic nitrogens is 1. The van der Waals surface area contributed by atoms with Gasteiger partial charge in [-0.2, -0.15) is 0 Å². The number of aliphatic hydroxyl groups excluding tert-OH is 1. The molecule has 5 aliphatic rings. The molecule has 8 nitrogen and oxygen atoms in total. The van der Waals surface area contributed by atoms with Gasteiger partial charge in [-0.25, -0.2) is 0 Å². The van der Waals surface area contributed by atoms with Crippen LogP contribution >= 0.6 is 11.6 Å². The number of fused-ring (bicyclic) bond motifs is 7. The molecule has 1 aromatic heterocycles. The number of Topliss-reactive ketones (excluding diaryl/α,β-unsaturated/α-hetero) is 1. The number of esters is 1. The second-order valence-electron chi connectivity index (χ2n) is 20.1. The second-order valence-corrected chi connectivity index (χ2v) is 20.5. The third kappa shape index (κ3) is 6.33. The lowest BCUT2D eigenvalue weighted by atomic mass is 9.33. The highest BCUT2D eigenvalue weighted by atomic mass is 35.5. The smallest absolute Gasteiger partial charge is 0.309 e. The van der Waals surface area contributed by atoms with Gasteiger partial charge in [0.1, 0.15) is 6.10 Å². The van der Waals surface area contributed by atoms with Crippen LogP contribution in [0.1, 0.15) is 145 Å². The van der Waals surface area contributed by atoms with E-state index in [1.54, 1.807) is 20.0 Å². The molecule has 10 atom stereocenters. The number of carboxylic acid groups (broad SMARTS) is 1. The number of pyridine rings is 1. The normalized spacial score (nSPS) is 37.6. The average molecular weight is 753 g/mol. The van der Waals surface area contributed by atoms with Crippen molar-refractivity contribution in [2.24, 2.45) is 56.2 Å². The highest BCUT2D eigenvalue weighted by Crippen LogP contribution is 2.77. The van der Waals surface area contributed by atoms with E-state index in [0.717, 1.165) is 62.6 Å². The Morgan fingerprint density at radius 2 is 1.68 bits per heavy atom. The predicted octanol–water partition coefficient (Wildman–Crippen LogP) is 9.14. The number of carbonyl (C=O) groups excluding carboxylic acids is 2. The Morgan fingerprint density at radius 1 is 0.981 bits per heavy atom. The van der Waals surface area contributed by atoms with E-state index < -0.39 is 28.9 Å². The van der Waals surface area contributed by atoms with Crippen LogP contribution in [-0.2, 0) is 19.1 Å². The summed E-state index contributed by atoms with van der Waals surface area (Å²) in [4.78, 5) is 43.4. The van der Waals surface area contributed by atoms with Crippen LogP contribution in [0.15, 0.2) is 29.5 Å². The van der Waals surface area contributed by atoms with Crippen molar-refractivity contribution in [2.75, 3.05) is 6.54 Å². The zero-order valence-electron chi connectivity index (χ0n) is 33.9. The van der Waals surface area contributed by atoms with Crippen molar-refractivity contribution >= 4 is 29.3 Å². The largest absolute Gasteiger partial charge is 0.481 e. The molecule has 1 heterocycles. The average Bonchev–Trinajstić information content (AvgIpc) is 3.38. The van der Waals surface area contributed by atoms with Crippen molar-refractivity contribution in [1.29, 1.82) is 0 Å². The number of aliphatic hydroxyl groups is 1. The van der Waals surface area contributed by atoms with Gasteiger partial charge >= 0.3 is 11.9 Å². The Kier molecular flexibility index (Phi) is 10.5.